The summed E-state index contributed by atoms with van der Waals surface area (Å²) < 4.78 is 22.1. The standard InChI is InChI=1S/C12H24N2O3S/c1-9(2)11-5-4-7-14(11)12(15)10(13)6-8-18(3,16)17/h9-11H,4-8,13H2,1-3H3. The minimum Gasteiger partial charge on any atom is -0.338 e. The maximum atomic E-state index is 12.2. The third kappa shape index (κ3) is 4.24. The molecule has 1 aliphatic rings. The van der Waals surface area contributed by atoms with Gasteiger partial charge in [0, 0.05) is 18.8 Å². The Hall–Kier alpha value is -0.620. The zero-order chi connectivity index (χ0) is 13.9. The normalized spacial score (nSPS) is 22.5. The lowest BCUT2D eigenvalue weighted by Crippen LogP contribution is -2.48. The fraction of sp³-hybridized carbons (Fsp3) is 0.917. The van der Waals surface area contributed by atoms with Crippen LogP contribution in [-0.2, 0) is 14.6 Å². The third-order valence-corrected chi connectivity index (χ3v) is 4.45. The Morgan fingerprint density at radius 2 is 2.06 bits per heavy atom. The van der Waals surface area contributed by atoms with Crippen molar-refractivity contribution in [1.82, 2.24) is 4.90 Å². The Labute approximate surface area is 110 Å². The van der Waals surface area contributed by atoms with E-state index in [-0.39, 0.29) is 24.1 Å². The first kappa shape index (κ1) is 15.4. The number of amides is 1. The summed E-state index contributed by atoms with van der Waals surface area (Å²) in [5.41, 5.74) is 5.81. The molecule has 0 radical (unpaired) electrons. The molecule has 2 unspecified atom stereocenters. The number of hydrogen-bond donors (Lipinski definition) is 1. The summed E-state index contributed by atoms with van der Waals surface area (Å²) in [7, 11) is -3.06. The van der Waals surface area contributed by atoms with Gasteiger partial charge in [-0.15, -0.1) is 0 Å². The van der Waals surface area contributed by atoms with Gasteiger partial charge in [0.15, 0.2) is 0 Å². The molecule has 18 heavy (non-hydrogen) atoms. The van der Waals surface area contributed by atoms with E-state index >= 15 is 0 Å². The van der Waals surface area contributed by atoms with E-state index in [4.69, 9.17) is 5.73 Å². The third-order valence-electron chi connectivity index (χ3n) is 3.47. The van der Waals surface area contributed by atoms with Crippen molar-refractivity contribution in [1.29, 1.82) is 0 Å². The fourth-order valence-electron chi connectivity index (χ4n) is 2.44. The lowest BCUT2D eigenvalue weighted by Gasteiger charge is -2.29. The van der Waals surface area contributed by atoms with Gasteiger partial charge in [-0.2, -0.15) is 0 Å². The highest BCUT2D eigenvalue weighted by atomic mass is 32.2. The van der Waals surface area contributed by atoms with E-state index in [1.807, 2.05) is 4.90 Å². The molecule has 0 aliphatic carbocycles. The number of likely N-dealkylation sites (tertiary alicyclic amines) is 1. The van der Waals surface area contributed by atoms with Gasteiger partial charge >= 0.3 is 0 Å². The first-order valence-electron chi connectivity index (χ1n) is 6.46. The van der Waals surface area contributed by atoms with Gasteiger partial charge in [-0.05, 0) is 25.2 Å². The second-order valence-corrected chi connectivity index (χ2v) is 7.77. The van der Waals surface area contributed by atoms with Gasteiger partial charge in [-0.3, -0.25) is 4.79 Å². The van der Waals surface area contributed by atoms with Crippen LogP contribution in [0.4, 0.5) is 0 Å². The average molecular weight is 276 g/mol. The highest BCUT2D eigenvalue weighted by molar-refractivity contribution is 7.90. The van der Waals surface area contributed by atoms with Crippen LogP contribution in [0.5, 0.6) is 0 Å². The second kappa shape index (κ2) is 6.02. The average Bonchev–Trinajstić information content (AvgIpc) is 2.72. The summed E-state index contributed by atoms with van der Waals surface area (Å²) >= 11 is 0. The Balaban J connectivity index is 2.58. The lowest BCUT2D eigenvalue weighted by molar-refractivity contribution is -0.134. The predicted molar refractivity (Wildman–Crippen MR) is 71.9 cm³/mol. The Morgan fingerprint density at radius 1 is 1.44 bits per heavy atom. The zero-order valence-corrected chi connectivity index (χ0v) is 12.2. The number of sulfone groups is 1. The van der Waals surface area contributed by atoms with Crippen LogP contribution < -0.4 is 5.73 Å². The maximum absolute atomic E-state index is 12.2. The number of carbonyl (C=O) groups is 1. The van der Waals surface area contributed by atoms with Crippen molar-refractivity contribution in [2.24, 2.45) is 11.7 Å². The zero-order valence-electron chi connectivity index (χ0n) is 11.4. The SMILES string of the molecule is CC(C)C1CCCN1C(=O)C(N)CCS(C)(=O)=O. The molecule has 0 aromatic heterocycles. The van der Waals surface area contributed by atoms with Crippen LogP contribution in [0.2, 0.25) is 0 Å². The van der Waals surface area contributed by atoms with Crippen LogP contribution >= 0.6 is 0 Å². The molecule has 0 bridgehead atoms. The first-order chi connectivity index (χ1) is 8.22. The van der Waals surface area contributed by atoms with Crippen LogP contribution in [0.3, 0.4) is 0 Å². The molecule has 0 aromatic rings. The molecule has 1 saturated heterocycles. The lowest BCUT2D eigenvalue weighted by atomic mass is 10.0. The molecule has 1 aliphatic heterocycles. The van der Waals surface area contributed by atoms with E-state index in [0.29, 0.717) is 5.92 Å². The minimum absolute atomic E-state index is 0.0277. The highest BCUT2D eigenvalue weighted by Gasteiger charge is 2.33. The summed E-state index contributed by atoms with van der Waals surface area (Å²) in [5, 5.41) is 0. The Morgan fingerprint density at radius 3 is 2.56 bits per heavy atom. The fourth-order valence-corrected chi connectivity index (χ4v) is 3.12. The van der Waals surface area contributed by atoms with Crippen molar-refractivity contribution in [2.75, 3.05) is 18.6 Å². The molecule has 0 saturated carbocycles. The molecule has 1 fully saturated rings. The smallest absolute Gasteiger partial charge is 0.239 e. The molecule has 5 nitrogen and oxygen atoms in total. The van der Waals surface area contributed by atoms with Crippen LogP contribution in [-0.4, -0.2) is 49.9 Å². The molecule has 2 atom stereocenters. The first-order valence-corrected chi connectivity index (χ1v) is 8.52. The Kier molecular flexibility index (Phi) is 5.16. The largest absolute Gasteiger partial charge is 0.338 e. The van der Waals surface area contributed by atoms with Crippen LogP contribution in [0.25, 0.3) is 0 Å². The summed E-state index contributed by atoms with van der Waals surface area (Å²) in [6, 6.07) is -0.444. The molecule has 0 spiro atoms. The molecule has 1 heterocycles. The molecule has 106 valence electrons. The predicted octanol–water partition coefficient (Wildman–Crippen LogP) is 0.395. The highest BCUT2D eigenvalue weighted by Crippen LogP contribution is 2.24. The van der Waals surface area contributed by atoms with Crippen molar-refractivity contribution >= 4 is 15.7 Å². The number of nitrogens with zero attached hydrogens (tertiary/aromatic N) is 1. The van der Waals surface area contributed by atoms with E-state index in [0.717, 1.165) is 25.6 Å². The van der Waals surface area contributed by atoms with E-state index in [2.05, 4.69) is 13.8 Å². The van der Waals surface area contributed by atoms with Gasteiger partial charge in [0.05, 0.1) is 11.8 Å². The number of nitrogens with two attached hydrogens (primary N) is 1. The van der Waals surface area contributed by atoms with E-state index in [1.165, 1.54) is 0 Å². The monoisotopic (exact) mass is 276 g/mol. The number of rotatable bonds is 5. The van der Waals surface area contributed by atoms with Crippen molar-refractivity contribution in [3.05, 3.63) is 0 Å². The molecule has 1 amide bonds. The summed E-state index contributed by atoms with van der Waals surface area (Å²) in [4.78, 5) is 14.0. The topological polar surface area (TPSA) is 80.5 Å². The molecule has 6 heteroatoms. The van der Waals surface area contributed by atoms with Crippen LogP contribution in [0.15, 0.2) is 0 Å². The number of hydrogen-bond acceptors (Lipinski definition) is 4. The van der Waals surface area contributed by atoms with Gasteiger partial charge in [0.25, 0.3) is 0 Å². The van der Waals surface area contributed by atoms with Crippen molar-refractivity contribution in [3.63, 3.8) is 0 Å². The minimum atomic E-state index is -3.06. The summed E-state index contributed by atoms with van der Waals surface area (Å²) in [6.45, 7) is 4.94. The maximum Gasteiger partial charge on any atom is 0.239 e. The van der Waals surface area contributed by atoms with E-state index in [9.17, 15) is 13.2 Å². The van der Waals surface area contributed by atoms with Gasteiger partial charge in [0.1, 0.15) is 9.84 Å². The molecular formula is C12H24N2O3S. The molecule has 2 N–H and O–H groups in total. The van der Waals surface area contributed by atoms with E-state index < -0.39 is 15.9 Å². The van der Waals surface area contributed by atoms with Crippen LogP contribution in [0.1, 0.15) is 33.1 Å². The van der Waals surface area contributed by atoms with Crippen molar-refractivity contribution < 1.29 is 13.2 Å². The molecule has 0 aromatic carbocycles. The van der Waals surface area contributed by atoms with Gasteiger partial charge in [-0.25, -0.2) is 8.42 Å². The molecular weight excluding hydrogens is 252 g/mol. The van der Waals surface area contributed by atoms with Gasteiger partial charge in [-0.1, -0.05) is 13.8 Å². The summed E-state index contributed by atoms with van der Waals surface area (Å²) in [6.07, 6.45) is 3.39. The quantitative estimate of drug-likeness (QED) is 0.788. The van der Waals surface area contributed by atoms with E-state index in [1.54, 1.807) is 0 Å². The van der Waals surface area contributed by atoms with Crippen molar-refractivity contribution in [3.8, 4) is 0 Å². The molecule has 1 rings (SSSR count). The van der Waals surface area contributed by atoms with Gasteiger partial charge in [0.2, 0.25) is 5.91 Å². The van der Waals surface area contributed by atoms with Crippen LogP contribution in [0, 0.1) is 5.92 Å². The second-order valence-electron chi connectivity index (χ2n) is 5.51. The number of carbonyl (C=O) groups excluding carboxylic acids is 1. The van der Waals surface area contributed by atoms with Gasteiger partial charge < -0.3 is 10.6 Å². The Bertz CT molecular complexity index is 392. The summed E-state index contributed by atoms with van der Waals surface area (Å²) in [5.74, 6) is 0.286. The van der Waals surface area contributed by atoms with Crippen molar-refractivity contribution in [2.45, 2.75) is 45.2 Å².